The molecule has 0 spiro atoms. The van der Waals surface area contributed by atoms with Crippen LogP contribution in [0.25, 0.3) is 16.3 Å². The largest absolute Gasteiger partial charge is 0.352 e. The normalized spacial score (nSPS) is 10.9. The van der Waals surface area contributed by atoms with Crippen LogP contribution in [0, 0.1) is 15.9 Å². The number of hydrogen-bond acceptors (Lipinski definition) is 6. The summed E-state index contributed by atoms with van der Waals surface area (Å²) in [6, 6.07) is 11.5. The average Bonchev–Trinajstić information content (AvgIpc) is 3.30. The predicted octanol–water partition coefficient (Wildman–Crippen LogP) is 3.48. The number of carbonyl (C=O) groups is 1. The molecule has 1 N–H and O–H groups in total. The van der Waals surface area contributed by atoms with Crippen molar-refractivity contribution in [3.05, 3.63) is 81.1 Å². The molecule has 0 saturated heterocycles. The summed E-state index contributed by atoms with van der Waals surface area (Å²) in [6.07, 6.45) is 0.519. The van der Waals surface area contributed by atoms with Gasteiger partial charge in [-0.15, -0.1) is 16.4 Å². The van der Waals surface area contributed by atoms with Crippen molar-refractivity contribution < 1.29 is 14.1 Å². The van der Waals surface area contributed by atoms with E-state index in [1.807, 2.05) is 5.38 Å². The molecule has 0 saturated carbocycles. The standard InChI is InChI=1S/C19H14FN5O3S/c20-14-3-1-2-13(10-14)17-22-19-24(23-17)16(11-29-19)8-9-21-18(26)12-4-6-15(7-5-12)25(27)28/h1-7,10-11H,8-9H2,(H,21,26). The quantitative estimate of drug-likeness (QED) is 0.387. The first-order chi connectivity index (χ1) is 14.0. The second kappa shape index (κ2) is 7.76. The maximum absolute atomic E-state index is 13.4. The van der Waals surface area contributed by atoms with Crippen molar-refractivity contribution in [2.45, 2.75) is 6.42 Å². The van der Waals surface area contributed by atoms with E-state index in [-0.39, 0.29) is 17.4 Å². The Morgan fingerprint density at radius 2 is 2.03 bits per heavy atom. The molecule has 8 nitrogen and oxygen atoms in total. The summed E-state index contributed by atoms with van der Waals surface area (Å²) in [5.74, 6) is -0.229. The topological polar surface area (TPSA) is 102 Å². The minimum absolute atomic E-state index is 0.0671. The van der Waals surface area contributed by atoms with Crippen molar-refractivity contribution in [2.24, 2.45) is 0 Å². The van der Waals surface area contributed by atoms with Gasteiger partial charge in [-0.25, -0.2) is 8.91 Å². The molecular weight excluding hydrogens is 397 g/mol. The van der Waals surface area contributed by atoms with Crippen molar-refractivity contribution >= 4 is 27.9 Å². The highest BCUT2D eigenvalue weighted by Crippen LogP contribution is 2.21. The molecule has 2 aromatic heterocycles. The number of nitro benzene ring substituents is 1. The Hall–Kier alpha value is -3.66. The highest BCUT2D eigenvalue weighted by molar-refractivity contribution is 7.15. The molecular formula is C19H14FN5O3S. The number of aromatic nitrogens is 3. The lowest BCUT2D eigenvalue weighted by Crippen LogP contribution is -2.26. The molecule has 2 heterocycles. The van der Waals surface area contributed by atoms with Gasteiger partial charge in [-0.1, -0.05) is 12.1 Å². The monoisotopic (exact) mass is 411 g/mol. The summed E-state index contributed by atoms with van der Waals surface area (Å²) in [5.41, 5.74) is 1.74. The van der Waals surface area contributed by atoms with E-state index in [2.05, 4.69) is 15.4 Å². The van der Waals surface area contributed by atoms with Crippen molar-refractivity contribution in [3.63, 3.8) is 0 Å². The lowest BCUT2D eigenvalue weighted by atomic mass is 10.2. The number of non-ortho nitro benzene ring substituents is 1. The van der Waals surface area contributed by atoms with Crippen LogP contribution in [0.5, 0.6) is 0 Å². The average molecular weight is 411 g/mol. The molecule has 146 valence electrons. The van der Waals surface area contributed by atoms with Crippen LogP contribution >= 0.6 is 11.3 Å². The van der Waals surface area contributed by atoms with E-state index in [1.54, 1.807) is 16.6 Å². The fraction of sp³-hybridized carbons (Fsp3) is 0.105. The number of amides is 1. The van der Waals surface area contributed by atoms with Gasteiger partial charge in [0.1, 0.15) is 5.82 Å². The van der Waals surface area contributed by atoms with Crippen LogP contribution in [0.15, 0.2) is 53.9 Å². The molecule has 0 radical (unpaired) electrons. The lowest BCUT2D eigenvalue weighted by molar-refractivity contribution is -0.384. The Labute approximate surface area is 167 Å². The van der Waals surface area contributed by atoms with Gasteiger partial charge in [0.2, 0.25) is 4.96 Å². The molecule has 0 unspecified atom stereocenters. The van der Waals surface area contributed by atoms with Gasteiger partial charge < -0.3 is 5.32 Å². The van der Waals surface area contributed by atoms with E-state index in [0.29, 0.717) is 34.9 Å². The van der Waals surface area contributed by atoms with Crippen LogP contribution in [-0.4, -0.2) is 32.0 Å². The number of halogens is 1. The van der Waals surface area contributed by atoms with Crippen molar-refractivity contribution in [3.8, 4) is 11.4 Å². The number of nitrogens with one attached hydrogen (secondary N) is 1. The first-order valence-corrected chi connectivity index (χ1v) is 9.51. The second-order valence-electron chi connectivity index (χ2n) is 6.18. The summed E-state index contributed by atoms with van der Waals surface area (Å²) in [7, 11) is 0. The molecule has 4 rings (SSSR count). The third-order valence-electron chi connectivity index (χ3n) is 4.24. The van der Waals surface area contributed by atoms with Crippen LogP contribution in [0.4, 0.5) is 10.1 Å². The van der Waals surface area contributed by atoms with E-state index in [0.717, 1.165) is 5.69 Å². The molecule has 0 fully saturated rings. The zero-order valence-corrected chi connectivity index (χ0v) is 15.7. The predicted molar refractivity (Wildman–Crippen MR) is 105 cm³/mol. The molecule has 4 aromatic rings. The molecule has 0 aliphatic carbocycles. The van der Waals surface area contributed by atoms with Crippen LogP contribution in [0.1, 0.15) is 16.1 Å². The van der Waals surface area contributed by atoms with Crippen molar-refractivity contribution in [2.75, 3.05) is 6.54 Å². The first-order valence-electron chi connectivity index (χ1n) is 8.63. The van der Waals surface area contributed by atoms with Crippen LogP contribution in [-0.2, 0) is 6.42 Å². The number of hydrogen-bond donors (Lipinski definition) is 1. The zero-order valence-electron chi connectivity index (χ0n) is 14.9. The number of thiazole rings is 1. The number of nitrogens with zero attached hydrogens (tertiary/aromatic N) is 4. The Balaban J connectivity index is 1.42. The summed E-state index contributed by atoms with van der Waals surface area (Å²) in [4.78, 5) is 27.5. The maximum atomic E-state index is 13.4. The number of nitro groups is 1. The SMILES string of the molecule is O=C(NCCc1csc2nc(-c3cccc(F)c3)nn12)c1ccc([N+](=O)[O-])cc1. The van der Waals surface area contributed by atoms with E-state index in [1.165, 1.54) is 47.7 Å². The molecule has 29 heavy (non-hydrogen) atoms. The van der Waals surface area contributed by atoms with Gasteiger partial charge in [-0.3, -0.25) is 14.9 Å². The van der Waals surface area contributed by atoms with Gasteiger partial charge in [0, 0.05) is 41.6 Å². The minimum atomic E-state index is -0.514. The molecule has 10 heteroatoms. The summed E-state index contributed by atoms with van der Waals surface area (Å²) in [6.45, 7) is 0.358. The van der Waals surface area contributed by atoms with Crippen LogP contribution in [0.2, 0.25) is 0 Å². The fourth-order valence-electron chi connectivity index (χ4n) is 2.79. The van der Waals surface area contributed by atoms with Crippen LogP contribution in [0.3, 0.4) is 0 Å². The molecule has 0 aliphatic rings. The van der Waals surface area contributed by atoms with Gasteiger partial charge in [0.25, 0.3) is 11.6 Å². The fourth-order valence-corrected chi connectivity index (χ4v) is 3.64. The number of benzene rings is 2. The zero-order chi connectivity index (χ0) is 20.4. The minimum Gasteiger partial charge on any atom is -0.352 e. The van der Waals surface area contributed by atoms with Gasteiger partial charge >= 0.3 is 0 Å². The number of rotatable bonds is 6. The van der Waals surface area contributed by atoms with E-state index in [9.17, 15) is 19.3 Å². The summed E-state index contributed by atoms with van der Waals surface area (Å²) in [5, 5.41) is 19.8. The van der Waals surface area contributed by atoms with Crippen molar-refractivity contribution in [1.29, 1.82) is 0 Å². The Morgan fingerprint density at radius 1 is 1.24 bits per heavy atom. The maximum Gasteiger partial charge on any atom is 0.269 e. The van der Waals surface area contributed by atoms with Crippen LogP contribution < -0.4 is 5.32 Å². The Kier molecular flexibility index (Phi) is 5.00. The summed E-state index contributed by atoms with van der Waals surface area (Å²) < 4.78 is 15.1. The molecule has 1 amide bonds. The summed E-state index contributed by atoms with van der Waals surface area (Å²) >= 11 is 1.41. The van der Waals surface area contributed by atoms with E-state index < -0.39 is 4.92 Å². The lowest BCUT2D eigenvalue weighted by Gasteiger charge is -2.04. The van der Waals surface area contributed by atoms with Gasteiger partial charge in [-0.2, -0.15) is 4.98 Å². The first kappa shape index (κ1) is 18.7. The number of carbonyl (C=O) groups excluding carboxylic acids is 1. The molecule has 0 bridgehead atoms. The van der Waals surface area contributed by atoms with Gasteiger partial charge in [0.05, 0.1) is 10.6 Å². The van der Waals surface area contributed by atoms with Crippen molar-refractivity contribution in [1.82, 2.24) is 19.9 Å². The molecule has 2 aromatic carbocycles. The van der Waals surface area contributed by atoms with Gasteiger partial charge in [-0.05, 0) is 24.3 Å². The molecule has 0 atom stereocenters. The number of fused-ring (bicyclic) bond motifs is 1. The third-order valence-corrected chi connectivity index (χ3v) is 5.10. The highest BCUT2D eigenvalue weighted by atomic mass is 32.1. The Morgan fingerprint density at radius 3 is 2.76 bits per heavy atom. The molecule has 0 aliphatic heterocycles. The third kappa shape index (κ3) is 3.97. The smallest absolute Gasteiger partial charge is 0.269 e. The van der Waals surface area contributed by atoms with E-state index >= 15 is 0 Å². The van der Waals surface area contributed by atoms with E-state index in [4.69, 9.17) is 0 Å². The second-order valence-corrected chi connectivity index (χ2v) is 7.01. The highest BCUT2D eigenvalue weighted by Gasteiger charge is 2.13. The van der Waals surface area contributed by atoms with Gasteiger partial charge in [0.15, 0.2) is 5.82 Å². The Bertz CT molecular complexity index is 1200.